The number of nitrogens with zero attached hydrogens (tertiary/aromatic N) is 2. The number of nitrogens with one attached hydrogen (secondary N) is 1. The fourth-order valence-electron chi connectivity index (χ4n) is 1.01. The Hall–Kier alpha value is -1.38. The average Bonchev–Trinajstić information content (AvgIpc) is 2.64. The van der Waals surface area contributed by atoms with E-state index in [1.165, 1.54) is 6.33 Å². The van der Waals surface area contributed by atoms with Crippen molar-refractivity contribution in [3.8, 4) is 0 Å². The van der Waals surface area contributed by atoms with Crippen molar-refractivity contribution in [3.05, 3.63) is 24.3 Å². The molecule has 3 heteroatoms. The zero-order chi connectivity index (χ0) is 11.0. The van der Waals surface area contributed by atoms with Crippen LogP contribution in [0, 0.1) is 6.92 Å². The second kappa shape index (κ2) is 7.06. The number of fused-ring (bicyclic) bond motifs is 1. The summed E-state index contributed by atoms with van der Waals surface area (Å²) in [5.74, 6) is 0. The topological polar surface area (TPSA) is 41.6 Å². The highest BCUT2D eigenvalue weighted by Gasteiger charge is 1.94. The monoisotopic (exact) mass is 193 g/mol. The Labute approximate surface area is 85.6 Å². The van der Waals surface area contributed by atoms with E-state index in [0.29, 0.717) is 0 Å². The molecule has 2 aromatic heterocycles. The molecule has 3 nitrogen and oxygen atoms in total. The Bertz CT molecular complexity index is 319. The number of hydrogen-bond donors (Lipinski definition) is 1. The molecule has 0 radical (unpaired) electrons. The van der Waals surface area contributed by atoms with Crippen LogP contribution in [-0.2, 0) is 0 Å². The molecule has 0 unspecified atom stereocenters. The molecule has 0 aromatic carbocycles. The lowest BCUT2D eigenvalue weighted by Crippen LogP contribution is -1.76. The summed E-state index contributed by atoms with van der Waals surface area (Å²) in [6, 6.07) is 2.02. The van der Waals surface area contributed by atoms with E-state index < -0.39 is 0 Å². The molecule has 0 aliphatic carbocycles. The summed E-state index contributed by atoms with van der Waals surface area (Å²) in [5, 5.41) is 1.07. The quantitative estimate of drug-likeness (QED) is 0.697. The molecule has 2 heterocycles. The van der Waals surface area contributed by atoms with Crippen LogP contribution in [0.1, 0.15) is 33.4 Å². The highest BCUT2D eigenvalue weighted by Crippen LogP contribution is 2.08. The van der Waals surface area contributed by atoms with Crippen molar-refractivity contribution >= 4 is 11.0 Å². The van der Waals surface area contributed by atoms with E-state index in [4.69, 9.17) is 0 Å². The van der Waals surface area contributed by atoms with Crippen molar-refractivity contribution in [1.29, 1.82) is 0 Å². The van der Waals surface area contributed by atoms with Crippen LogP contribution in [-0.4, -0.2) is 15.0 Å². The van der Waals surface area contributed by atoms with Gasteiger partial charge in [-0.25, -0.2) is 9.97 Å². The fraction of sp³-hybridized carbons (Fsp3) is 0.455. The van der Waals surface area contributed by atoms with Gasteiger partial charge in [0.05, 0.1) is 0 Å². The number of aromatic nitrogens is 3. The third-order valence-electron chi connectivity index (χ3n) is 1.43. The van der Waals surface area contributed by atoms with Crippen molar-refractivity contribution in [2.45, 2.75) is 34.6 Å². The highest BCUT2D eigenvalue weighted by molar-refractivity contribution is 5.74. The van der Waals surface area contributed by atoms with E-state index in [1.54, 1.807) is 6.20 Å². The molecule has 0 saturated carbocycles. The van der Waals surface area contributed by atoms with Crippen LogP contribution in [0.2, 0.25) is 0 Å². The minimum absolute atomic E-state index is 0.910. The van der Waals surface area contributed by atoms with Crippen LogP contribution in [0.15, 0.2) is 18.6 Å². The second-order valence-electron chi connectivity index (χ2n) is 2.28. The van der Waals surface area contributed by atoms with Crippen molar-refractivity contribution in [2.75, 3.05) is 0 Å². The zero-order valence-electron chi connectivity index (χ0n) is 9.63. The SMILES string of the molecule is CC.CC.Cc1cc2cncnc2[nH]1. The van der Waals surface area contributed by atoms with E-state index in [-0.39, 0.29) is 0 Å². The first-order valence-electron chi connectivity index (χ1n) is 5.11. The van der Waals surface area contributed by atoms with Crippen LogP contribution in [0.25, 0.3) is 11.0 Å². The van der Waals surface area contributed by atoms with E-state index in [0.717, 1.165) is 16.7 Å². The number of aryl methyl sites for hydroxylation is 1. The lowest BCUT2D eigenvalue weighted by Gasteiger charge is -1.82. The van der Waals surface area contributed by atoms with Gasteiger partial charge in [0, 0.05) is 17.3 Å². The van der Waals surface area contributed by atoms with Crippen molar-refractivity contribution in [1.82, 2.24) is 15.0 Å². The molecule has 0 atom stereocenters. The molecular weight excluding hydrogens is 174 g/mol. The van der Waals surface area contributed by atoms with E-state index in [9.17, 15) is 0 Å². The fourth-order valence-corrected chi connectivity index (χ4v) is 1.01. The second-order valence-corrected chi connectivity index (χ2v) is 2.28. The Morgan fingerprint density at radius 3 is 2.36 bits per heavy atom. The summed E-state index contributed by atoms with van der Waals surface area (Å²) in [6.45, 7) is 10.0. The third kappa shape index (κ3) is 3.17. The smallest absolute Gasteiger partial charge is 0.140 e. The molecule has 0 amide bonds. The zero-order valence-corrected chi connectivity index (χ0v) is 9.63. The lowest BCUT2D eigenvalue weighted by molar-refractivity contribution is 1.18. The van der Waals surface area contributed by atoms with Gasteiger partial charge >= 0.3 is 0 Å². The summed E-state index contributed by atoms with van der Waals surface area (Å²) in [5.41, 5.74) is 2.03. The van der Waals surface area contributed by atoms with Crippen molar-refractivity contribution in [3.63, 3.8) is 0 Å². The average molecular weight is 193 g/mol. The van der Waals surface area contributed by atoms with Gasteiger partial charge in [-0.15, -0.1) is 0 Å². The van der Waals surface area contributed by atoms with Gasteiger partial charge in [-0.05, 0) is 13.0 Å². The number of H-pyrrole nitrogens is 1. The molecule has 0 saturated heterocycles. The van der Waals surface area contributed by atoms with Gasteiger partial charge in [0.2, 0.25) is 0 Å². The Kier molecular flexibility index (Phi) is 6.37. The summed E-state index contributed by atoms with van der Waals surface area (Å²) >= 11 is 0. The van der Waals surface area contributed by atoms with Crippen LogP contribution in [0.4, 0.5) is 0 Å². The number of hydrogen-bond acceptors (Lipinski definition) is 2. The normalized spacial score (nSPS) is 8.36. The molecule has 14 heavy (non-hydrogen) atoms. The number of rotatable bonds is 0. The summed E-state index contributed by atoms with van der Waals surface area (Å²) in [4.78, 5) is 11.0. The predicted molar refractivity (Wildman–Crippen MR) is 61.3 cm³/mol. The van der Waals surface area contributed by atoms with Crippen LogP contribution < -0.4 is 0 Å². The first-order chi connectivity index (χ1) is 6.86. The molecule has 0 fully saturated rings. The van der Waals surface area contributed by atoms with Crippen LogP contribution >= 0.6 is 0 Å². The predicted octanol–water partition coefficient (Wildman–Crippen LogP) is 3.32. The summed E-state index contributed by atoms with van der Waals surface area (Å²) < 4.78 is 0. The Balaban J connectivity index is 0.000000379. The molecule has 2 rings (SSSR count). The molecule has 1 N–H and O–H groups in total. The maximum atomic E-state index is 4.04. The van der Waals surface area contributed by atoms with Crippen LogP contribution in [0.3, 0.4) is 0 Å². The van der Waals surface area contributed by atoms with Crippen molar-refractivity contribution < 1.29 is 0 Å². The number of aromatic amines is 1. The molecule has 0 aliphatic heterocycles. The molecule has 0 aliphatic rings. The minimum atomic E-state index is 0.910. The maximum absolute atomic E-state index is 4.04. The van der Waals surface area contributed by atoms with Crippen molar-refractivity contribution in [2.24, 2.45) is 0 Å². The van der Waals surface area contributed by atoms with Gasteiger partial charge in [-0.2, -0.15) is 0 Å². The minimum Gasteiger partial charge on any atom is -0.343 e. The summed E-state index contributed by atoms with van der Waals surface area (Å²) in [7, 11) is 0. The Morgan fingerprint density at radius 2 is 1.79 bits per heavy atom. The lowest BCUT2D eigenvalue weighted by atomic mass is 10.4. The largest absolute Gasteiger partial charge is 0.343 e. The van der Waals surface area contributed by atoms with E-state index in [2.05, 4.69) is 15.0 Å². The first kappa shape index (κ1) is 12.6. The van der Waals surface area contributed by atoms with Gasteiger partial charge < -0.3 is 4.98 Å². The molecule has 2 aromatic rings. The van der Waals surface area contributed by atoms with Gasteiger partial charge in [0.1, 0.15) is 12.0 Å². The molecule has 0 spiro atoms. The third-order valence-corrected chi connectivity index (χ3v) is 1.43. The molecule has 78 valence electrons. The first-order valence-corrected chi connectivity index (χ1v) is 5.11. The van der Waals surface area contributed by atoms with Gasteiger partial charge in [0.15, 0.2) is 0 Å². The highest BCUT2D eigenvalue weighted by atomic mass is 14.9. The van der Waals surface area contributed by atoms with E-state index >= 15 is 0 Å². The molecular formula is C11H19N3. The van der Waals surface area contributed by atoms with Gasteiger partial charge in [-0.1, -0.05) is 27.7 Å². The Morgan fingerprint density at radius 1 is 1.14 bits per heavy atom. The summed E-state index contributed by atoms with van der Waals surface area (Å²) in [6.07, 6.45) is 3.34. The van der Waals surface area contributed by atoms with Crippen LogP contribution in [0.5, 0.6) is 0 Å². The maximum Gasteiger partial charge on any atom is 0.140 e. The van der Waals surface area contributed by atoms with Gasteiger partial charge in [-0.3, -0.25) is 0 Å². The molecule has 0 bridgehead atoms. The standard InChI is InChI=1S/C7H7N3.2C2H6/c1-5-2-6-3-8-4-9-7(6)10-5;2*1-2/h2-4H,1H3,(H,8,9,10);2*1-2H3. The van der Waals surface area contributed by atoms with Gasteiger partial charge in [0.25, 0.3) is 0 Å². The van der Waals surface area contributed by atoms with E-state index in [1.807, 2.05) is 40.7 Å².